The van der Waals surface area contributed by atoms with Crippen molar-refractivity contribution in [2.24, 2.45) is 5.16 Å². The number of morpholine rings is 1. The molecule has 7 heteroatoms. The average Bonchev–Trinajstić information content (AvgIpc) is 3.31. The van der Waals surface area contributed by atoms with E-state index >= 15 is 0 Å². The molecular formula is C23H25N3O4. The van der Waals surface area contributed by atoms with Gasteiger partial charge >= 0.3 is 0 Å². The number of nitrogens with one attached hydrogen (secondary N) is 1. The van der Waals surface area contributed by atoms with Gasteiger partial charge in [0.05, 0.1) is 18.9 Å². The summed E-state index contributed by atoms with van der Waals surface area (Å²) in [4.78, 5) is 33.2. The van der Waals surface area contributed by atoms with Gasteiger partial charge in [0.2, 0.25) is 12.0 Å². The summed E-state index contributed by atoms with van der Waals surface area (Å²) in [6, 6.07) is 18.6. The molecule has 1 fully saturated rings. The van der Waals surface area contributed by atoms with Gasteiger partial charge < -0.3 is 19.8 Å². The Kier molecular flexibility index (Phi) is 6.39. The lowest BCUT2D eigenvalue weighted by Crippen LogP contribution is -2.54. The maximum absolute atomic E-state index is 13.1. The van der Waals surface area contributed by atoms with Gasteiger partial charge in [-0.15, -0.1) is 0 Å². The summed E-state index contributed by atoms with van der Waals surface area (Å²) < 4.78 is 5.35. The summed E-state index contributed by atoms with van der Waals surface area (Å²) in [5, 5.41) is 6.99. The van der Waals surface area contributed by atoms with Crippen molar-refractivity contribution in [3.05, 3.63) is 71.8 Å². The molecule has 7 nitrogen and oxygen atoms in total. The first kappa shape index (κ1) is 20.1. The molecule has 0 spiro atoms. The van der Waals surface area contributed by atoms with Crippen LogP contribution in [0.25, 0.3) is 0 Å². The van der Waals surface area contributed by atoms with Crippen LogP contribution in [0.1, 0.15) is 17.5 Å². The average molecular weight is 407 g/mol. The number of rotatable bonds is 6. The monoisotopic (exact) mass is 407 g/mol. The zero-order valence-electron chi connectivity index (χ0n) is 16.7. The van der Waals surface area contributed by atoms with Crippen LogP contribution in [0.4, 0.5) is 0 Å². The molecule has 0 saturated carbocycles. The lowest BCUT2D eigenvalue weighted by molar-refractivity contribution is -0.142. The number of carbonyl (C=O) groups excluding carboxylic acids is 2. The molecule has 30 heavy (non-hydrogen) atoms. The summed E-state index contributed by atoms with van der Waals surface area (Å²) in [6.07, 6.45) is 0.0533. The van der Waals surface area contributed by atoms with Gasteiger partial charge in [-0.2, -0.15) is 0 Å². The molecule has 2 aromatic rings. The van der Waals surface area contributed by atoms with Gasteiger partial charge in [0.1, 0.15) is 6.04 Å². The highest BCUT2D eigenvalue weighted by molar-refractivity contribution is 6.04. The predicted molar refractivity (Wildman–Crippen MR) is 112 cm³/mol. The first-order valence-electron chi connectivity index (χ1n) is 10.2. The van der Waals surface area contributed by atoms with E-state index in [1.807, 2.05) is 60.7 Å². The zero-order chi connectivity index (χ0) is 20.8. The Morgan fingerprint density at radius 2 is 1.70 bits per heavy atom. The highest BCUT2D eigenvalue weighted by atomic mass is 16.6. The van der Waals surface area contributed by atoms with Crippen molar-refractivity contribution in [2.75, 3.05) is 26.3 Å². The maximum Gasteiger partial charge on any atom is 0.265 e. The Hall–Kier alpha value is -3.19. The SMILES string of the molecule is O=C(N[C@@H](Cc1ccccc1)C(=O)N1CCOCC1)[C@H]1CC(c2ccccc2)=NO1. The van der Waals surface area contributed by atoms with Gasteiger partial charge in [-0.05, 0) is 11.1 Å². The second kappa shape index (κ2) is 9.54. The molecule has 4 rings (SSSR count). The fourth-order valence-electron chi connectivity index (χ4n) is 3.64. The van der Waals surface area contributed by atoms with E-state index in [0.29, 0.717) is 39.1 Å². The van der Waals surface area contributed by atoms with E-state index in [9.17, 15) is 9.59 Å². The maximum atomic E-state index is 13.1. The van der Waals surface area contributed by atoms with Crippen LogP contribution in [-0.2, 0) is 25.6 Å². The van der Waals surface area contributed by atoms with Crippen molar-refractivity contribution < 1.29 is 19.2 Å². The minimum atomic E-state index is -0.740. The van der Waals surface area contributed by atoms with Gasteiger partial charge in [0.25, 0.3) is 5.91 Å². The molecule has 0 aromatic heterocycles. The Morgan fingerprint density at radius 3 is 2.40 bits per heavy atom. The van der Waals surface area contributed by atoms with Crippen LogP contribution in [0.3, 0.4) is 0 Å². The molecule has 0 aliphatic carbocycles. The van der Waals surface area contributed by atoms with Crippen LogP contribution in [0, 0.1) is 0 Å². The summed E-state index contributed by atoms with van der Waals surface area (Å²) in [6.45, 7) is 2.08. The van der Waals surface area contributed by atoms with Gasteiger partial charge in [0.15, 0.2) is 0 Å². The molecule has 2 aromatic carbocycles. The number of oxime groups is 1. The van der Waals surface area contributed by atoms with Gasteiger partial charge in [-0.25, -0.2) is 0 Å². The standard InChI is InChI=1S/C23H25N3O4/c27-22(21-16-19(25-30-21)18-9-5-2-6-10-18)24-20(15-17-7-3-1-4-8-17)23(28)26-11-13-29-14-12-26/h1-10,20-21H,11-16H2,(H,24,27)/t20-,21+/m0/s1. The van der Waals surface area contributed by atoms with Crippen LogP contribution in [-0.4, -0.2) is 60.9 Å². The van der Waals surface area contributed by atoms with E-state index in [1.54, 1.807) is 4.90 Å². The zero-order valence-corrected chi connectivity index (χ0v) is 16.7. The lowest BCUT2D eigenvalue weighted by Gasteiger charge is -2.31. The Labute approximate surface area is 175 Å². The van der Waals surface area contributed by atoms with E-state index in [4.69, 9.17) is 9.57 Å². The van der Waals surface area contributed by atoms with Gasteiger partial charge in [-0.1, -0.05) is 65.8 Å². The van der Waals surface area contributed by atoms with E-state index in [-0.39, 0.29) is 11.8 Å². The normalized spacial score (nSPS) is 19.5. The third-order valence-electron chi connectivity index (χ3n) is 5.29. The Balaban J connectivity index is 1.43. The minimum absolute atomic E-state index is 0.0994. The molecule has 0 bridgehead atoms. The molecule has 2 aliphatic heterocycles. The van der Waals surface area contributed by atoms with E-state index in [2.05, 4.69) is 10.5 Å². The number of hydrogen-bond acceptors (Lipinski definition) is 5. The van der Waals surface area contributed by atoms with Crippen LogP contribution >= 0.6 is 0 Å². The van der Waals surface area contributed by atoms with Crippen molar-refractivity contribution in [1.82, 2.24) is 10.2 Å². The molecule has 2 atom stereocenters. The van der Waals surface area contributed by atoms with Crippen molar-refractivity contribution in [1.29, 1.82) is 0 Å². The molecule has 2 aliphatic rings. The molecule has 2 heterocycles. The smallest absolute Gasteiger partial charge is 0.265 e. The summed E-state index contributed by atoms with van der Waals surface area (Å²) >= 11 is 0. The predicted octanol–water partition coefficient (Wildman–Crippen LogP) is 1.77. The minimum Gasteiger partial charge on any atom is -0.382 e. The second-order valence-corrected chi connectivity index (χ2v) is 7.39. The Bertz CT molecular complexity index is 895. The summed E-state index contributed by atoms with van der Waals surface area (Å²) in [5.41, 5.74) is 2.64. The van der Waals surface area contributed by atoms with Crippen LogP contribution in [0.15, 0.2) is 65.8 Å². The molecule has 0 radical (unpaired) electrons. The number of hydrogen-bond donors (Lipinski definition) is 1. The topological polar surface area (TPSA) is 80.2 Å². The van der Waals surface area contributed by atoms with E-state index < -0.39 is 12.1 Å². The van der Waals surface area contributed by atoms with E-state index in [0.717, 1.165) is 16.8 Å². The quantitative estimate of drug-likeness (QED) is 0.791. The Morgan fingerprint density at radius 1 is 1.03 bits per heavy atom. The molecule has 1 N–H and O–H groups in total. The van der Waals surface area contributed by atoms with Crippen molar-refractivity contribution in [2.45, 2.75) is 25.0 Å². The second-order valence-electron chi connectivity index (χ2n) is 7.39. The summed E-state index contributed by atoms with van der Waals surface area (Å²) in [5.74, 6) is -0.426. The fraction of sp³-hybridized carbons (Fsp3) is 0.348. The molecular weight excluding hydrogens is 382 g/mol. The van der Waals surface area contributed by atoms with Gasteiger partial charge in [0, 0.05) is 25.9 Å². The lowest BCUT2D eigenvalue weighted by atomic mass is 10.0. The van der Waals surface area contributed by atoms with Crippen LogP contribution in [0.2, 0.25) is 0 Å². The number of carbonyl (C=O) groups is 2. The van der Waals surface area contributed by atoms with Crippen LogP contribution < -0.4 is 5.32 Å². The number of ether oxygens (including phenoxy) is 1. The van der Waals surface area contributed by atoms with Crippen molar-refractivity contribution in [3.63, 3.8) is 0 Å². The van der Waals surface area contributed by atoms with Crippen molar-refractivity contribution in [3.8, 4) is 0 Å². The molecule has 2 amide bonds. The number of nitrogens with zero attached hydrogens (tertiary/aromatic N) is 2. The molecule has 0 unspecified atom stereocenters. The highest BCUT2D eigenvalue weighted by Crippen LogP contribution is 2.17. The first-order chi connectivity index (χ1) is 14.7. The fourth-order valence-corrected chi connectivity index (χ4v) is 3.64. The van der Waals surface area contributed by atoms with E-state index in [1.165, 1.54) is 0 Å². The first-order valence-corrected chi connectivity index (χ1v) is 10.2. The largest absolute Gasteiger partial charge is 0.382 e. The summed E-state index contributed by atoms with van der Waals surface area (Å²) in [7, 11) is 0. The third kappa shape index (κ3) is 4.86. The van der Waals surface area contributed by atoms with Crippen LogP contribution in [0.5, 0.6) is 0 Å². The highest BCUT2D eigenvalue weighted by Gasteiger charge is 2.33. The number of amides is 2. The van der Waals surface area contributed by atoms with Gasteiger partial charge in [-0.3, -0.25) is 9.59 Å². The third-order valence-corrected chi connectivity index (χ3v) is 5.29. The molecule has 1 saturated heterocycles. The molecule has 156 valence electrons. The van der Waals surface area contributed by atoms with Crippen molar-refractivity contribution >= 4 is 17.5 Å². The number of benzene rings is 2.